The van der Waals surface area contributed by atoms with E-state index in [0.29, 0.717) is 19.6 Å². The number of alkyl carbamates (subject to hydrolysis) is 1. The first kappa shape index (κ1) is 45.2. The van der Waals surface area contributed by atoms with Crippen LogP contribution in [0.15, 0.2) is 97.5 Å². The molecule has 3 atom stereocenters. The lowest BCUT2D eigenvalue weighted by Crippen LogP contribution is -2.59. The second-order valence-electron chi connectivity index (χ2n) is 17.4. The van der Waals surface area contributed by atoms with Gasteiger partial charge in [0.2, 0.25) is 11.8 Å². The Labute approximate surface area is 353 Å². The third-order valence-corrected chi connectivity index (χ3v) is 10.6. The molecule has 4 aromatic rings. The number of methoxy groups -OCH3 is 1. The predicted octanol–water partition coefficient (Wildman–Crippen LogP) is 5.50. The summed E-state index contributed by atoms with van der Waals surface area (Å²) in [5, 5.41) is 19.6. The number of carbonyl (C=O) groups excluding carboxylic acids is 4. The molecule has 0 saturated carbocycles. The fourth-order valence-corrected chi connectivity index (χ4v) is 7.40. The van der Waals surface area contributed by atoms with Gasteiger partial charge in [0.25, 0.3) is 0 Å². The maximum absolute atomic E-state index is 14.6. The Morgan fingerprint density at radius 2 is 1.63 bits per heavy atom. The molecule has 1 fully saturated rings. The zero-order chi connectivity index (χ0) is 43.5. The van der Waals surface area contributed by atoms with Crippen LogP contribution in [0.4, 0.5) is 9.59 Å². The second-order valence-corrected chi connectivity index (χ2v) is 17.4. The average Bonchev–Trinajstić information content (AvgIpc) is 3.55. The van der Waals surface area contributed by atoms with Crippen LogP contribution in [0.2, 0.25) is 0 Å². The topological polar surface area (TPSA) is 169 Å². The van der Waals surface area contributed by atoms with Gasteiger partial charge in [-0.15, -0.1) is 0 Å². The minimum absolute atomic E-state index is 0.0482. The summed E-state index contributed by atoms with van der Waals surface area (Å²) in [4.78, 5) is 66.0. The third-order valence-electron chi connectivity index (χ3n) is 10.6. The summed E-state index contributed by atoms with van der Waals surface area (Å²) in [5.74, 6) is -0.699. The largest absolute Gasteiger partial charge is 0.453 e. The first-order chi connectivity index (χ1) is 28.5. The molecule has 2 aromatic carbocycles. The summed E-state index contributed by atoms with van der Waals surface area (Å²) in [6, 6.07) is 23.1. The van der Waals surface area contributed by atoms with Crippen molar-refractivity contribution in [2.45, 2.75) is 85.7 Å². The zero-order valence-electron chi connectivity index (χ0n) is 35.9. The Bertz CT molecular complexity index is 2040. The van der Waals surface area contributed by atoms with Gasteiger partial charge in [0.05, 0.1) is 24.9 Å². The quantitative estimate of drug-likeness (QED) is 0.0948. The monoisotopic (exact) mass is 820 g/mol. The van der Waals surface area contributed by atoms with Gasteiger partial charge in [-0.25, -0.2) is 14.6 Å². The van der Waals surface area contributed by atoms with Crippen molar-refractivity contribution in [1.29, 1.82) is 0 Å². The third kappa shape index (κ3) is 12.8. The van der Waals surface area contributed by atoms with E-state index in [2.05, 4.69) is 26.0 Å². The van der Waals surface area contributed by atoms with E-state index in [1.807, 2.05) is 120 Å². The van der Waals surface area contributed by atoms with Gasteiger partial charge in [-0.2, -0.15) is 0 Å². The molecule has 14 nitrogen and oxygen atoms in total. The number of hydrazine groups is 1. The summed E-state index contributed by atoms with van der Waals surface area (Å²) in [5.41, 5.74) is 7.21. The number of urea groups is 1. The SMILES string of the molecule is COC(=O)NCC(C)(C)CC(=O)NN(Cc1ccc(-c2ccccn2)cc1)CC(O)C(Cc1ccccc1)NC(=O)C(N1CCN(Cc2cnccc2C)C1=O)C(C)(C)C. The molecule has 5 rings (SSSR count). The Kier molecular flexibility index (Phi) is 15.4. The summed E-state index contributed by atoms with van der Waals surface area (Å²) < 4.78 is 4.71. The van der Waals surface area contributed by atoms with Crippen LogP contribution in [0.1, 0.15) is 63.3 Å². The molecule has 1 saturated heterocycles. The molecule has 60 heavy (non-hydrogen) atoms. The molecular formula is C46H60N8O6. The maximum atomic E-state index is 14.6. The highest BCUT2D eigenvalue weighted by Gasteiger charge is 2.44. The van der Waals surface area contributed by atoms with Crippen LogP contribution >= 0.6 is 0 Å². The van der Waals surface area contributed by atoms with E-state index < -0.39 is 35.1 Å². The van der Waals surface area contributed by atoms with Crippen LogP contribution in [0.3, 0.4) is 0 Å². The number of ether oxygens (including phenoxy) is 1. The van der Waals surface area contributed by atoms with Crippen molar-refractivity contribution in [2.75, 3.05) is 33.3 Å². The molecule has 0 aliphatic carbocycles. The number of carbonyl (C=O) groups is 4. The maximum Gasteiger partial charge on any atom is 0.406 e. The van der Waals surface area contributed by atoms with Crippen molar-refractivity contribution in [2.24, 2.45) is 10.8 Å². The number of aliphatic hydroxyl groups is 1. The van der Waals surface area contributed by atoms with E-state index in [1.54, 1.807) is 33.4 Å². The van der Waals surface area contributed by atoms with E-state index in [9.17, 15) is 24.3 Å². The standard InChI is InChI=1S/C46H60N8O6/c1-32-20-22-47-27-36(32)29-52-23-24-54(44(52)59)41(45(2,3)4)42(57)50-38(25-33-13-9-8-10-14-33)39(55)30-53(51-40(56)26-46(5,6)31-49-43(58)60-7)28-34-16-18-35(19-17-34)37-15-11-12-21-48-37/h8-22,27,38-39,41,55H,23-26,28-31H2,1-7H3,(H,49,58)(H,50,57)(H,51,56). The normalized spacial score (nSPS) is 14.7. The van der Waals surface area contributed by atoms with Gasteiger partial charge in [-0.1, -0.05) is 95.3 Å². The molecule has 1 aliphatic rings. The van der Waals surface area contributed by atoms with Crippen LogP contribution in [0.5, 0.6) is 0 Å². The number of hydrogen-bond donors (Lipinski definition) is 4. The number of aromatic nitrogens is 2. The van der Waals surface area contributed by atoms with E-state index in [1.165, 1.54) is 7.11 Å². The van der Waals surface area contributed by atoms with Crippen LogP contribution in [-0.4, -0.2) is 105 Å². The molecule has 2 aromatic heterocycles. The summed E-state index contributed by atoms with van der Waals surface area (Å²) in [6.07, 6.45) is 3.81. The van der Waals surface area contributed by atoms with Crippen molar-refractivity contribution >= 4 is 23.9 Å². The van der Waals surface area contributed by atoms with E-state index in [0.717, 1.165) is 33.5 Å². The van der Waals surface area contributed by atoms with Gasteiger partial charge < -0.3 is 30.3 Å². The van der Waals surface area contributed by atoms with Crippen LogP contribution < -0.4 is 16.1 Å². The molecule has 1 aliphatic heterocycles. The van der Waals surface area contributed by atoms with Gasteiger partial charge in [0, 0.05) is 69.8 Å². The number of nitrogens with zero attached hydrogens (tertiary/aromatic N) is 5. The number of nitrogens with one attached hydrogen (secondary N) is 3. The van der Waals surface area contributed by atoms with Crippen LogP contribution in [0.25, 0.3) is 11.3 Å². The molecule has 0 spiro atoms. The Hall–Kier alpha value is -5.86. The molecule has 4 N–H and O–H groups in total. The second kappa shape index (κ2) is 20.4. The Morgan fingerprint density at radius 3 is 2.28 bits per heavy atom. The highest BCUT2D eigenvalue weighted by Crippen LogP contribution is 2.29. The summed E-state index contributed by atoms with van der Waals surface area (Å²) >= 11 is 0. The number of benzene rings is 2. The predicted molar refractivity (Wildman–Crippen MR) is 230 cm³/mol. The van der Waals surface area contributed by atoms with Gasteiger partial charge in [-0.05, 0) is 64.6 Å². The highest BCUT2D eigenvalue weighted by molar-refractivity contribution is 5.89. The lowest BCUT2D eigenvalue weighted by Gasteiger charge is -2.38. The van der Waals surface area contributed by atoms with Crippen molar-refractivity contribution in [3.63, 3.8) is 0 Å². The lowest BCUT2D eigenvalue weighted by molar-refractivity contribution is -0.132. The van der Waals surface area contributed by atoms with Crippen molar-refractivity contribution in [3.8, 4) is 11.3 Å². The van der Waals surface area contributed by atoms with Crippen molar-refractivity contribution < 1.29 is 29.0 Å². The van der Waals surface area contributed by atoms with Gasteiger partial charge in [0.15, 0.2) is 0 Å². The fourth-order valence-electron chi connectivity index (χ4n) is 7.40. The number of aliphatic hydroxyl groups excluding tert-OH is 1. The first-order valence-electron chi connectivity index (χ1n) is 20.4. The smallest absolute Gasteiger partial charge is 0.406 e. The fraction of sp³-hybridized carbons (Fsp3) is 0.435. The Balaban J connectivity index is 1.38. The molecule has 5 amide bonds. The zero-order valence-corrected chi connectivity index (χ0v) is 35.9. The van der Waals surface area contributed by atoms with E-state index in [-0.39, 0.29) is 50.3 Å². The van der Waals surface area contributed by atoms with Crippen molar-refractivity contribution in [1.82, 2.24) is 40.8 Å². The highest BCUT2D eigenvalue weighted by atomic mass is 16.5. The summed E-state index contributed by atoms with van der Waals surface area (Å²) in [6.45, 7) is 13.1. The number of hydrogen-bond acceptors (Lipinski definition) is 9. The molecule has 14 heteroatoms. The minimum Gasteiger partial charge on any atom is -0.453 e. The molecule has 3 heterocycles. The average molecular weight is 821 g/mol. The summed E-state index contributed by atoms with van der Waals surface area (Å²) in [7, 11) is 1.28. The van der Waals surface area contributed by atoms with Gasteiger partial charge in [0.1, 0.15) is 6.04 Å². The lowest BCUT2D eigenvalue weighted by atomic mass is 9.84. The molecule has 0 bridgehead atoms. The first-order valence-corrected chi connectivity index (χ1v) is 20.4. The number of pyridine rings is 2. The number of amides is 5. The van der Waals surface area contributed by atoms with E-state index in [4.69, 9.17) is 4.74 Å². The van der Waals surface area contributed by atoms with Crippen LogP contribution in [0, 0.1) is 17.8 Å². The minimum atomic E-state index is -1.17. The molecular weight excluding hydrogens is 761 g/mol. The van der Waals surface area contributed by atoms with Crippen molar-refractivity contribution in [3.05, 3.63) is 120 Å². The van der Waals surface area contributed by atoms with Gasteiger partial charge in [-0.3, -0.25) is 25.0 Å². The van der Waals surface area contributed by atoms with E-state index >= 15 is 0 Å². The number of aryl methyl sites for hydroxylation is 1. The Morgan fingerprint density at radius 1 is 0.917 bits per heavy atom. The van der Waals surface area contributed by atoms with Gasteiger partial charge >= 0.3 is 12.1 Å². The van der Waals surface area contributed by atoms with Crippen LogP contribution in [-0.2, 0) is 33.8 Å². The molecule has 3 unspecified atom stereocenters. The molecule has 0 radical (unpaired) electrons. The number of rotatable bonds is 18. The molecule has 320 valence electrons.